The van der Waals surface area contributed by atoms with Gasteiger partial charge in [-0.15, -0.1) is 0 Å². The zero-order valence-electron chi connectivity index (χ0n) is 19.8. The van der Waals surface area contributed by atoms with Crippen molar-refractivity contribution in [2.75, 3.05) is 19.6 Å². The summed E-state index contributed by atoms with van der Waals surface area (Å²) in [5.74, 6) is -4.99. The number of amides is 3. The quantitative estimate of drug-likeness (QED) is 0.0467. The SMILES string of the molecule is NC(N)=NCCCC(NC(=O)C(CCCN=C(N)N)NC(=O)CNC(=O)C(N)CCC(=O)O)C(=O)O. The summed E-state index contributed by atoms with van der Waals surface area (Å²) >= 11 is 0. The lowest BCUT2D eigenvalue weighted by molar-refractivity contribution is -0.142. The Labute approximate surface area is 207 Å². The molecule has 0 aliphatic rings. The summed E-state index contributed by atoms with van der Waals surface area (Å²) in [7, 11) is 0. The lowest BCUT2D eigenvalue weighted by atomic mass is 10.1. The minimum absolute atomic E-state index is 0.0246. The first-order chi connectivity index (χ1) is 16.8. The molecule has 0 saturated heterocycles. The molecular formula is C19H36N10O7. The van der Waals surface area contributed by atoms with Gasteiger partial charge in [0.1, 0.15) is 12.1 Å². The molecule has 36 heavy (non-hydrogen) atoms. The van der Waals surface area contributed by atoms with Crippen LogP contribution < -0.4 is 44.6 Å². The third kappa shape index (κ3) is 15.6. The normalized spacial score (nSPS) is 12.8. The van der Waals surface area contributed by atoms with Gasteiger partial charge in [0.15, 0.2) is 11.9 Å². The highest BCUT2D eigenvalue weighted by Gasteiger charge is 2.26. The molecule has 0 rings (SSSR count). The number of carbonyl (C=O) groups excluding carboxylic acids is 3. The number of nitrogens with zero attached hydrogens (tertiary/aromatic N) is 2. The van der Waals surface area contributed by atoms with E-state index in [1.54, 1.807) is 0 Å². The number of hydrogen-bond donors (Lipinski definition) is 10. The lowest BCUT2D eigenvalue weighted by Gasteiger charge is -2.21. The maximum absolute atomic E-state index is 12.8. The van der Waals surface area contributed by atoms with Crippen molar-refractivity contribution in [3.05, 3.63) is 0 Å². The monoisotopic (exact) mass is 516 g/mol. The van der Waals surface area contributed by atoms with Crippen molar-refractivity contribution in [1.29, 1.82) is 0 Å². The average molecular weight is 517 g/mol. The minimum Gasteiger partial charge on any atom is -0.481 e. The van der Waals surface area contributed by atoms with Gasteiger partial charge >= 0.3 is 11.9 Å². The highest BCUT2D eigenvalue weighted by atomic mass is 16.4. The second-order valence-electron chi connectivity index (χ2n) is 7.67. The van der Waals surface area contributed by atoms with Crippen LogP contribution in [-0.4, -0.2) is 89.6 Å². The molecule has 0 spiro atoms. The Morgan fingerprint density at radius 1 is 0.750 bits per heavy atom. The van der Waals surface area contributed by atoms with Crippen molar-refractivity contribution in [2.24, 2.45) is 38.7 Å². The van der Waals surface area contributed by atoms with Gasteiger partial charge in [-0.3, -0.25) is 29.2 Å². The van der Waals surface area contributed by atoms with E-state index >= 15 is 0 Å². The molecule has 0 aliphatic carbocycles. The first-order valence-electron chi connectivity index (χ1n) is 11.0. The smallest absolute Gasteiger partial charge is 0.326 e. The van der Waals surface area contributed by atoms with Crippen LogP contribution >= 0.6 is 0 Å². The van der Waals surface area contributed by atoms with Crippen LogP contribution in [0.25, 0.3) is 0 Å². The van der Waals surface area contributed by atoms with Crippen LogP contribution in [0.2, 0.25) is 0 Å². The van der Waals surface area contributed by atoms with Gasteiger partial charge in [-0.1, -0.05) is 0 Å². The summed E-state index contributed by atoms with van der Waals surface area (Å²) < 4.78 is 0. The maximum Gasteiger partial charge on any atom is 0.326 e. The Hall–Kier alpha value is -4.15. The van der Waals surface area contributed by atoms with E-state index in [0.717, 1.165) is 0 Å². The summed E-state index contributed by atoms with van der Waals surface area (Å²) in [4.78, 5) is 66.7. The molecule has 0 aromatic rings. The molecule has 204 valence electrons. The Kier molecular flexibility index (Phi) is 15.3. The number of nitrogens with one attached hydrogen (secondary N) is 3. The van der Waals surface area contributed by atoms with Crippen molar-refractivity contribution in [1.82, 2.24) is 16.0 Å². The lowest BCUT2D eigenvalue weighted by Crippen LogP contribution is -2.53. The maximum atomic E-state index is 12.8. The van der Waals surface area contributed by atoms with Crippen LogP contribution in [0.3, 0.4) is 0 Å². The third-order valence-electron chi connectivity index (χ3n) is 4.59. The second kappa shape index (κ2) is 17.3. The number of hydrogen-bond acceptors (Lipinski definition) is 8. The number of aliphatic carboxylic acids is 2. The van der Waals surface area contributed by atoms with E-state index in [9.17, 15) is 29.1 Å². The van der Waals surface area contributed by atoms with Crippen LogP contribution in [0.5, 0.6) is 0 Å². The van der Waals surface area contributed by atoms with Gasteiger partial charge in [-0.2, -0.15) is 0 Å². The second-order valence-corrected chi connectivity index (χ2v) is 7.67. The molecule has 0 aromatic carbocycles. The number of carboxylic acid groups (broad SMARTS) is 2. The molecule has 0 bridgehead atoms. The van der Waals surface area contributed by atoms with E-state index in [-0.39, 0.29) is 63.5 Å². The van der Waals surface area contributed by atoms with E-state index in [1.165, 1.54) is 0 Å². The van der Waals surface area contributed by atoms with E-state index < -0.39 is 54.3 Å². The number of rotatable bonds is 18. The van der Waals surface area contributed by atoms with Gasteiger partial charge in [-0.05, 0) is 32.1 Å². The van der Waals surface area contributed by atoms with E-state index in [4.69, 9.17) is 33.8 Å². The zero-order valence-corrected chi connectivity index (χ0v) is 19.8. The van der Waals surface area contributed by atoms with Crippen molar-refractivity contribution in [3.63, 3.8) is 0 Å². The molecule has 17 nitrogen and oxygen atoms in total. The predicted octanol–water partition coefficient (Wildman–Crippen LogP) is -4.54. The van der Waals surface area contributed by atoms with Crippen molar-refractivity contribution >= 4 is 41.6 Å². The molecular weight excluding hydrogens is 480 g/mol. The van der Waals surface area contributed by atoms with E-state index in [0.29, 0.717) is 0 Å². The molecule has 0 aromatic heterocycles. The highest BCUT2D eigenvalue weighted by molar-refractivity contribution is 5.92. The molecule has 15 N–H and O–H groups in total. The molecule has 0 fully saturated rings. The fourth-order valence-corrected chi connectivity index (χ4v) is 2.76. The molecule has 3 amide bonds. The third-order valence-corrected chi connectivity index (χ3v) is 4.59. The first kappa shape index (κ1) is 31.9. The Morgan fingerprint density at radius 3 is 1.75 bits per heavy atom. The van der Waals surface area contributed by atoms with Gasteiger partial charge in [0.25, 0.3) is 0 Å². The largest absolute Gasteiger partial charge is 0.481 e. The Bertz CT molecular complexity index is 825. The summed E-state index contributed by atoms with van der Waals surface area (Å²) in [6.07, 6.45) is 0.168. The van der Waals surface area contributed by atoms with Gasteiger partial charge in [-0.25, -0.2) is 4.79 Å². The van der Waals surface area contributed by atoms with Crippen LogP contribution in [0, 0.1) is 0 Å². The standard InChI is InChI=1S/C19H36N10O7/c20-10(5-6-14(31)32)15(33)27-9-13(30)28-11(3-1-7-25-18(21)22)16(34)29-12(17(35)36)4-2-8-26-19(23)24/h10-12H,1-9,20H2,(H,27,33)(H,28,30)(H,29,34)(H,31,32)(H,35,36)(H4,21,22,25)(H4,23,24,26). The van der Waals surface area contributed by atoms with E-state index in [2.05, 4.69) is 25.9 Å². The fourth-order valence-electron chi connectivity index (χ4n) is 2.76. The van der Waals surface area contributed by atoms with Gasteiger partial charge in [0.05, 0.1) is 12.6 Å². The topological polar surface area (TPSA) is 317 Å². The molecule has 0 aliphatic heterocycles. The minimum atomic E-state index is -1.29. The number of carboxylic acids is 2. The number of guanidine groups is 2. The molecule has 3 atom stereocenters. The van der Waals surface area contributed by atoms with Crippen LogP contribution in [0.15, 0.2) is 9.98 Å². The van der Waals surface area contributed by atoms with Gasteiger partial charge in [0.2, 0.25) is 17.7 Å². The average Bonchev–Trinajstić information content (AvgIpc) is 2.78. The van der Waals surface area contributed by atoms with Crippen molar-refractivity contribution in [2.45, 2.75) is 56.7 Å². The van der Waals surface area contributed by atoms with Crippen molar-refractivity contribution in [3.8, 4) is 0 Å². The van der Waals surface area contributed by atoms with Crippen LogP contribution in [0.1, 0.15) is 38.5 Å². The highest BCUT2D eigenvalue weighted by Crippen LogP contribution is 2.04. The predicted molar refractivity (Wildman–Crippen MR) is 129 cm³/mol. The molecule has 0 saturated carbocycles. The molecule has 17 heteroatoms. The van der Waals surface area contributed by atoms with Crippen molar-refractivity contribution < 1.29 is 34.2 Å². The van der Waals surface area contributed by atoms with Crippen LogP contribution in [-0.2, 0) is 24.0 Å². The van der Waals surface area contributed by atoms with Gasteiger partial charge < -0.3 is 54.8 Å². The number of aliphatic imine (C=N–C) groups is 2. The molecule has 0 heterocycles. The van der Waals surface area contributed by atoms with Gasteiger partial charge in [0, 0.05) is 19.5 Å². The summed E-state index contributed by atoms with van der Waals surface area (Å²) in [6.45, 7) is -0.231. The number of carbonyl (C=O) groups is 5. The summed E-state index contributed by atoms with van der Waals surface area (Å²) in [5, 5.41) is 25.1. The zero-order chi connectivity index (χ0) is 27.7. The van der Waals surface area contributed by atoms with E-state index in [1.807, 2.05) is 0 Å². The summed E-state index contributed by atoms with van der Waals surface area (Å²) in [5.41, 5.74) is 26.5. The molecule has 3 unspecified atom stereocenters. The summed E-state index contributed by atoms with van der Waals surface area (Å²) in [6, 6.07) is -3.57. The molecule has 0 radical (unpaired) electrons. The first-order valence-corrected chi connectivity index (χ1v) is 11.0. The fraction of sp³-hybridized carbons (Fsp3) is 0.632. The van der Waals surface area contributed by atoms with Crippen LogP contribution in [0.4, 0.5) is 0 Å². The Balaban J connectivity index is 5.08. The number of nitrogens with two attached hydrogens (primary N) is 5. The Morgan fingerprint density at radius 2 is 1.28 bits per heavy atom.